The van der Waals surface area contributed by atoms with Crippen molar-refractivity contribution in [3.05, 3.63) is 64.1 Å². The van der Waals surface area contributed by atoms with E-state index in [1.54, 1.807) is 23.1 Å². The zero-order valence-electron chi connectivity index (χ0n) is 11.9. The molecule has 0 aromatic heterocycles. The Kier molecular flexibility index (Phi) is 5.66. The van der Waals surface area contributed by atoms with Gasteiger partial charge in [-0.15, -0.1) is 0 Å². The largest absolute Gasteiger partial charge is 0.308 e. The van der Waals surface area contributed by atoms with Crippen molar-refractivity contribution < 1.29 is 4.79 Å². The summed E-state index contributed by atoms with van der Waals surface area (Å²) >= 11 is 11.9. The second kappa shape index (κ2) is 7.48. The van der Waals surface area contributed by atoms with Crippen LogP contribution in [0.4, 0.5) is 5.69 Å². The number of unbranched alkanes of at least 4 members (excludes halogenated alkanes) is 1. The molecule has 0 aliphatic rings. The molecule has 0 saturated carbocycles. The molecule has 2 aromatic rings. The quantitative estimate of drug-likeness (QED) is 0.718. The molecule has 2 nitrogen and oxygen atoms in total. The lowest BCUT2D eigenvalue weighted by molar-refractivity contribution is 0.0986. The van der Waals surface area contributed by atoms with Gasteiger partial charge in [-0.1, -0.05) is 54.7 Å². The fourth-order valence-corrected chi connectivity index (χ4v) is 2.36. The average molecular weight is 322 g/mol. The van der Waals surface area contributed by atoms with Gasteiger partial charge in [-0.05, 0) is 36.8 Å². The second-order valence-corrected chi connectivity index (χ2v) is 5.59. The third-order valence-corrected chi connectivity index (χ3v) is 3.95. The van der Waals surface area contributed by atoms with E-state index in [0.29, 0.717) is 22.2 Å². The standard InChI is InChI=1S/C17H17Cl2NO/c1-2-3-11-20(14-7-5-4-6-8-14)17(21)13-9-10-15(18)16(19)12-13/h4-10,12H,2-3,11H2,1H3. The van der Waals surface area contributed by atoms with Gasteiger partial charge in [0.15, 0.2) is 0 Å². The Morgan fingerprint density at radius 3 is 2.38 bits per heavy atom. The number of para-hydroxylation sites is 1. The summed E-state index contributed by atoms with van der Waals surface area (Å²) in [7, 11) is 0. The van der Waals surface area contributed by atoms with Crippen LogP contribution in [-0.2, 0) is 0 Å². The predicted molar refractivity (Wildman–Crippen MR) is 89.5 cm³/mol. The molecule has 0 N–H and O–H groups in total. The molecule has 0 radical (unpaired) electrons. The fraction of sp³-hybridized carbons (Fsp3) is 0.235. The van der Waals surface area contributed by atoms with Gasteiger partial charge in [-0.25, -0.2) is 0 Å². The van der Waals surface area contributed by atoms with E-state index in [2.05, 4.69) is 6.92 Å². The lowest BCUT2D eigenvalue weighted by Gasteiger charge is -2.23. The summed E-state index contributed by atoms with van der Waals surface area (Å²) in [6.07, 6.45) is 1.97. The summed E-state index contributed by atoms with van der Waals surface area (Å²) in [5.74, 6) is -0.0618. The number of carbonyl (C=O) groups is 1. The Balaban J connectivity index is 2.31. The topological polar surface area (TPSA) is 20.3 Å². The normalized spacial score (nSPS) is 10.4. The van der Waals surface area contributed by atoms with Crippen molar-refractivity contribution in [1.82, 2.24) is 0 Å². The summed E-state index contributed by atoms with van der Waals surface area (Å²) < 4.78 is 0. The Hall–Kier alpha value is -1.51. The van der Waals surface area contributed by atoms with Crippen LogP contribution < -0.4 is 4.90 Å². The maximum absolute atomic E-state index is 12.7. The molecule has 110 valence electrons. The first-order valence-electron chi connectivity index (χ1n) is 6.95. The monoisotopic (exact) mass is 321 g/mol. The van der Waals surface area contributed by atoms with Crippen LogP contribution in [-0.4, -0.2) is 12.5 Å². The molecule has 0 aliphatic heterocycles. The molecule has 0 heterocycles. The second-order valence-electron chi connectivity index (χ2n) is 4.77. The van der Waals surface area contributed by atoms with Crippen LogP contribution in [0.2, 0.25) is 10.0 Å². The van der Waals surface area contributed by atoms with Crippen LogP contribution in [0.3, 0.4) is 0 Å². The van der Waals surface area contributed by atoms with Crippen LogP contribution in [0, 0.1) is 0 Å². The van der Waals surface area contributed by atoms with Gasteiger partial charge in [0.25, 0.3) is 5.91 Å². The Labute approximate surface area is 135 Å². The number of benzene rings is 2. The van der Waals surface area contributed by atoms with E-state index in [1.807, 2.05) is 30.3 Å². The van der Waals surface area contributed by atoms with Gasteiger partial charge in [0.05, 0.1) is 10.0 Å². The number of amides is 1. The number of rotatable bonds is 5. The van der Waals surface area contributed by atoms with Crippen LogP contribution in [0.1, 0.15) is 30.1 Å². The fourth-order valence-electron chi connectivity index (χ4n) is 2.06. The van der Waals surface area contributed by atoms with Crippen molar-refractivity contribution in [2.45, 2.75) is 19.8 Å². The van der Waals surface area contributed by atoms with Gasteiger partial charge in [0, 0.05) is 17.8 Å². The van der Waals surface area contributed by atoms with Crippen molar-refractivity contribution >= 4 is 34.8 Å². The van der Waals surface area contributed by atoms with Gasteiger partial charge >= 0.3 is 0 Å². The van der Waals surface area contributed by atoms with E-state index in [-0.39, 0.29) is 5.91 Å². The Bertz CT molecular complexity index is 613. The number of hydrogen-bond acceptors (Lipinski definition) is 1. The van der Waals surface area contributed by atoms with E-state index in [1.165, 1.54) is 0 Å². The zero-order chi connectivity index (χ0) is 15.2. The highest BCUT2D eigenvalue weighted by molar-refractivity contribution is 6.42. The Morgan fingerprint density at radius 1 is 1.05 bits per heavy atom. The first kappa shape index (κ1) is 15.9. The number of nitrogens with zero attached hydrogens (tertiary/aromatic N) is 1. The molecular formula is C17H17Cl2NO. The summed E-state index contributed by atoms with van der Waals surface area (Å²) in [5, 5.41) is 0.846. The first-order valence-corrected chi connectivity index (χ1v) is 7.71. The third kappa shape index (κ3) is 3.99. The van der Waals surface area contributed by atoms with Crippen LogP contribution >= 0.6 is 23.2 Å². The van der Waals surface area contributed by atoms with Crippen LogP contribution in [0.15, 0.2) is 48.5 Å². The molecule has 0 atom stereocenters. The molecular weight excluding hydrogens is 305 g/mol. The van der Waals surface area contributed by atoms with Crippen molar-refractivity contribution in [3.8, 4) is 0 Å². The van der Waals surface area contributed by atoms with E-state index in [0.717, 1.165) is 18.5 Å². The maximum atomic E-state index is 12.7. The molecule has 0 unspecified atom stereocenters. The SMILES string of the molecule is CCCCN(C(=O)c1ccc(Cl)c(Cl)c1)c1ccccc1. The van der Waals surface area contributed by atoms with E-state index in [4.69, 9.17) is 23.2 Å². The van der Waals surface area contributed by atoms with E-state index >= 15 is 0 Å². The molecule has 0 bridgehead atoms. The lowest BCUT2D eigenvalue weighted by Crippen LogP contribution is -2.31. The highest BCUT2D eigenvalue weighted by Gasteiger charge is 2.17. The molecule has 0 fully saturated rings. The van der Waals surface area contributed by atoms with Gasteiger partial charge in [-0.3, -0.25) is 4.79 Å². The minimum Gasteiger partial charge on any atom is -0.308 e. The maximum Gasteiger partial charge on any atom is 0.258 e. The zero-order valence-corrected chi connectivity index (χ0v) is 13.4. The number of hydrogen-bond donors (Lipinski definition) is 0. The van der Waals surface area contributed by atoms with Gasteiger partial charge in [0.2, 0.25) is 0 Å². The van der Waals surface area contributed by atoms with E-state index < -0.39 is 0 Å². The van der Waals surface area contributed by atoms with Gasteiger partial charge in [-0.2, -0.15) is 0 Å². The highest BCUT2D eigenvalue weighted by atomic mass is 35.5. The van der Waals surface area contributed by atoms with Crippen molar-refractivity contribution in [1.29, 1.82) is 0 Å². The minimum absolute atomic E-state index is 0.0618. The molecule has 0 spiro atoms. The molecule has 4 heteroatoms. The average Bonchev–Trinajstić information content (AvgIpc) is 2.51. The summed E-state index contributed by atoms with van der Waals surface area (Å²) in [5.41, 5.74) is 1.44. The summed E-state index contributed by atoms with van der Waals surface area (Å²) in [6, 6.07) is 14.6. The minimum atomic E-state index is -0.0618. The van der Waals surface area contributed by atoms with Crippen molar-refractivity contribution in [3.63, 3.8) is 0 Å². The summed E-state index contributed by atoms with van der Waals surface area (Å²) in [6.45, 7) is 2.78. The Morgan fingerprint density at radius 2 is 1.76 bits per heavy atom. The van der Waals surface area contributed by atoms with Gasteiger partial charge in [0.1, 0.15) is 0 Å². The number of carbonyl (C=O) groups excluding carboxylic acids is 1. The van der Waals surface area contributed by atoms with E-state index in [9.17, 15) is 4.79 Å². The van der Waals surface area contributed by atoms with Crippen LogP contribution in [0.5, 0.6) is 0 Å². The molecule has 0 aliphatic carbocycles. The molecule has 0 saturated heterocycles. The van der Waals surface area contributed by atoms with Crippen LogP contribution in [0.25, 0.3) is 0 Å². The van der Waals surface area contributed by atoms with Crippen molar-refractivity contribution in [2.75, 3.05) is 11.4 Å². The first-order chi connectivity index (χ1) is 10.1. The highest BCUT2D eigenvalue weighted by Crippen LogP contribution is 2.25. The summed E-state index contributed by atoms with van der Waals surface area (Å²) in [4.78, 5) is 14.5. The third-order valence-electron chi connectivity index (χ3n) is 3.21. The smallest absolute Gasteiger partial charge is 0.258 e. The lowest BCUT2D eigenvalue weighted by atomic mass is 10.1. The molecule has 21 heavy (non-hydrogen) atoms. The molecule has 2 rings (SSSR count). The number of anilines is 1. The predicted octanol–water partition coefficient (Wildman–Crippen LogP) is 5.44. The number of halogens is 2. The molecule has 2 aromatic carbocycles. The van der Waals surface area contributed by atoms with Crippen molar-refractivity contribution in [2.24, 2.45) is 0 Å². The molecule has 1 amide bonds. The van der Waals surface area contributed by atoms with Gasteiger partial charge < -0.3 is 4.90 Å².